The molecular weight excluding hydrogens is 474 g/mol. The fourth-order valence-electron chi connectivity index (χ4n) is 7.98. The standard InChI is InChI=1S/C29H43NO7/c1-27(2,25(34)26(35)36)16-30-23(32)9-10-24(33)37-22-8-7-20-19-6-5-17-15-18(31)11-13-28(17,3)21(19)12-14-29(20,22)4/h15,19-22,25,34H,5-14,16H2,1-4H3,(H,30,32)(H,35,36)/t19-,20-,21-,22+,25+,28-,29-/m0/s1. The van der Waals surface area contributed by atoms with Gasteiger partial charge < -0.3 is 20.3 Å². The fraction of sp³-hybridized carbons (Fsp3) is 0.793. The molecule has 7 atom stereocenters. The maximum Gasteiger partial charge on any atom is 0.333 e. The number of ketones is 1. The third kappa shape index (κ3) is 5.23. The van der Waals surface area contributed by atoms with Crippen molar-refractivity contribution < 1.29 is 34.1 Å². The number of aliphatic hydroxyl groups is 1. The summed E-state index contributed by atoms with van der Waals surface area (Å²) in [7, 11) is 0. The van der Waals surface area contributed by atoms with Gasteiger partial charge in [-0.1, -0.05) is 33.3 Å². The minimum atomic E-state index is -1.60. The predicted molar refractivity (Wildman–Crippen MR) is 136 cm³/mol. The highest BCUT2D eigenvalue weighted by molar-refractivity contribution is 5.91. The van der Waals surface area contributed by atoms with Gasteiger partial charge >= 0.3 is 11.9 Å². The highest BCUT2D eigenvalue weighted by Gasteiger charge is 2.60. The molecule has 0 aromatic heterocycles. The number of carboxylic acids is 1. The van der Waals surface area contributed by atoms with Gasteiger partial charge in [-0.05, 0) is 74.2 Å². The first kappa shape index (κ1) is 27.8. The van der Waals surface area contributed by atoms with Crippen LogP contribution in [0.15, 0.2) is 11.6 Å². The van der Waals surface area contributed by atoms with Crippen molar-refractivity contribution in [3.63, 3.8) is 0 Å². The zero-order chi connectivity index (χ0) is 27.2. The Hall–Kier alpha value is -2.22. The average molecular weight is 518 g/mol. The van der Waals surface area contributed by atoms with E-state index in [1.807, 2.05) is 6.08 Å². The summed E-state index contributed by atoms with van der Waals surface area (Å²) < 4.78 is 5.98. The minimum absolute atomic E-state index is 0.0107. The third-order valence-electron chi connectivity index (χ3n) is 10.4. The summed E-state index contributed by atoms with van der Waals surface area (Å²) in [4.78, 5) is 48.0. The summed E-state index contributed by atoms with van der Waals surface area (Å²) in [6.07, 6.45) is 7.82. The number of aliphatic carboxylic acids is 1. The summed E-state index contributed by atoms with van der Waals surface area (Å²) in [5, 5.41) is 21.4. The number of carbonyl (C=O) groups is 4. The van der Waals surface area contributed by atoms with Gasteiger partial charge in [-0.3, -0.25) is 14.4 Å². The number of nitrogens with one attached hydrogen (secondary N) is 1. The maximum absolute atomic E-state index is 12.7. The van der Waals surface area contributed by atoms with Gasteiger partial charge in [-0.25, -0.2) is 4.79 Å². The fourth-order valence-corrected chi connectivity index (χ4v) is 7.98. The van der Waals surface area contributed by atoms with Gasteiger partial charge in [-0.2, -0.15) is 0 Å². The quantitative estimate of drug-likeness (QED) is 0.418. The summed E-state index contributed by atoms with van der Waals surface area (Å²) in [6.45, 7) is 7.75. The second-order valence-corrected chi connectivity index (χ2v) is 13.1. The number of ether oxygens (including phenoxy) is 1. The minimum Gasteiger partial charge on any atom is -0.479 e. The highest BCUT2D eigenvalue weighted by Crippen LogP contribution is 2.65. The van der Waals surface area contributed by atoms with Gasteiger partial charge in [0.25, 0.3) is 0 Å². The number of hydrogen-bond donors (Lipinski definition) is 3. The maximum atomic E-state index is 12.7. The van der Waals surface area contributed by atoms with Crippen LogP contribution < -0.4 is 5.32 Å². The number of amides is 1. The average Bonchev–Trinajstić information content (AvgIpc) is 3.17. The van der Waals surface area contributed by atoms with Crippen LogP contribution in [0.3, 0.4) is 0 Å². The summed E-state index contributed by atoms with van der Waals surface area (Å²) in [5.41, 5.74) is 0.385. The summed E-state index contributed by atoms with van der Waals surface area (Å²) >= 11 is 0. The first-order valence-corrected chi connectivity index (χ1v) is 13.9. The Kier molecular flexibility index (Phi) is 7.63. The number of allylic oxidation sites excluding steroid dienone is 1. The lowest BCUT2D eigenvalue weighted by atomic mass is 9.47. The van der Waals surface area contributed by atoms with Gasteiger partial charge in [0.2, 0.25) is 5.91 Å². The van der Waals surface area contributed by atoms with Crippen LogP contribution in [0.2, 0.25) is 0 Å². The van der Waals surface area contributed by atoms with Crippen molar-refractivity contribution in [2.24, 2.45) is 34.0 Å². The van der Waals surface area contributed by atoms with Crippen LogP contribution in [0.1, 0.15) is 91.9 Å². The Bertz CT molecular complexity index is 987. The number of rotatable bonds is 8. The second-order valence-electron chi connectivity index (χ2n) is 13.1. The Morgan fingerprint density at radius 2 is 1.81 bits per heavy atom. The zero-order valence-corrected chi connectivity index (χ0v) is 22.7. The molecule has 8 nitrogen and oxygen atoms in total. The molecule has 0 spiro atoms. The summed E-state index contributed by atoms with van der Waals surface area (Å²) in [6, 6.07) is 0. The van der Waals surface area contributed by atoms with E-state index in [0.717, 1.165) is 44.9 Å². The summed E-state index contributed by atoms with van der Waals surface area (Å²) in [5.74, 6) is -0.132. The smallest absolute Gasteiger partial charge is 0.333 e. The van der Waals surface area contributed by atoms with E-state index in [2.05, 4.69) is 19.2 Å². The van der Waals surface area contributed by atoms with Crippen LogP contribution in [0, 0.1) is 34.0 Å². The van der Waals surface area contributed by atoms with Crippen molar-refractivity contribution >= 4 is 23.6 Å². The molecule has 0 aromatic carbocycles. The molecule has 0 aromatic rings. The number of carbonyl (C=O) groups excluding carboxylic acids is 3. The van der Waals surface area contributed by atoms with Crippen LogP contribution in [0.5, 0.6) is 0 Å². The molecule has 3 fully saturated rings. The third-order valence-corrected chi connectivity index (χ3v) is 10.4. The molecule has 0 heterocycles. The predicted octanol–water partition coefficient (Wildman–Crippen LogP) is 3.80. The molecule has 4 aliphatic carbocycles. The molecule has 0 aliphatic heterocycles. The molecule has 37 heavy (non-hydrogen) atoms. The Labute approximate surface area is 219 Å². The molecular formula is C29H43NO7. The first-order chi connectivity index (χ1) is 17.3. The largest absolute Gasteiger partial charge is 0.479 e. The van der Waals surface area contributed by atoms with E-state index < -0.39 is 17.5 Å². The van der Waals surface area contributed by atoms with Crippen LogP contribution in [-0.2, 0) is 23.9 Å². The number of fused-ring (bicyclic) bond motifs is 5. The van der Waals surface area contributed by atoms with Gasteiger partial charge in [0.05, 0.1) is 6.42 Å². The van der Waals surface area contributed by atoms with E-state index in [0.29, 0.717) is 24.2 Å². The monoisotopic (exact) mass is 517 g/mol. The van der Waals surface area contributed by atoms with E-state index in [-0.39, 0.29) is 54.0 Å². The van der Waals surface area contributed by atoms with Crippen LogP contribution in [0.25, 0.3) is 0 Å². The molecule has 3 N–H and O–H groups in total. The Morgan fingerprint density at radius 3 is 2.51 bits per heavy atom. The van der Waals surface area contributed by atoms with E-state index in [1.54, 1.807) is 13.8 Å². The van der Waals surface area contributed by atoms with Crippen molar-refractivity contribution in [2.75, 3.05) is 6.54 Å². The lowest BCUT2D eigenvalue weighted by molar-refractivity contribution is -0.160. The molecule has 206 valence electrons. The SMILES string of the molecule is CC(C)(CNC(=O)CCC(=O)O[C@@H]1CC[C@H]2[C@@H]3CCC4=CC(=O)CC[C@]4(C)[C@H]3CC[C@]12C)[C@H](O)C(=O)O. The molecule has 0 saturated heterocycles. The van der Waals surface area contributed by atoms with Crippen LogP contribution in [0.4, 0.5) is 0 Å². The molecule has 8 heteroatoms. The Balaban J connectivity index is 1.30. The van der Waals surface area contributed by atoms with Crippen molar-refractivity contribution in [1.29, 1.82) is 0 Å². The van der Waals surface area contributed by atoms with Crippen molar-refractivity contribution in [3.05, 3.63) is 11.6 Å². The molecule has 0 unspecified atom stereocenters. The highest BCUT2D eigenvalue weighted by atomic mass is 16.5. The van der Waals surface area contributed by atoms with Crippen LogP contribution in [-0.4, -0.2) is 52.6 Å². The van der Waals surface area contributed by atoms with E-state index in [9.17, 15) is 24.3 Å². The zero-order valence-electron chi connectivity index (χ0n) is 22.7. The van der Waals surface area contributed by atoms with Crippen LogP contribution >= 0.6 is 0 Å². The molecule has 4 aliphatic rings. The normalized spacial score (nSPS) is 35.9. The van der Waals surface area contributed by atoms with Crippen molar-refractivity contribution in [2.45, 2.75) is 104 Å². The molecule has 4 rings (SSSR count). The lowest BCUT2D eigenvalue weighted by Crippen LogP contribution is -2.51. The number of aliphatic hydroxyl groups excluding tert-OH is 1. The van der Waals surface area contributed by atoms with Gasteiger partial charge in [0, 0.05) is 30.2 Å². The number of hydrogen-bond acceptors (Lipinski definition) is 6. The van der Waals surface area contributed by atoms with Crippen molar-refractivity contribution in [1.82, 2.24) is 5.32 Å². The molecule has 3 saturated carbocycles. The Morgan fingerprint density at radius 1 is 1.08 bits per heavy atom. The van der Waals surface area contributed by atoms with E-state index >= 15 is 0 Å². The van der Waals surface area contributed by atoms with Gasteiger partial charge in [0.1, 0.15) is 6.10 Å². The first-order valence-electron chi connectivity index (χ1n) is 13.9. The van der Waals surface area contributed by atoms with E-state index in [4.69, 9.17) is 9.84 Å². The van der Waals surface area contributed by atoms with Gasteiger partial charge in [-0.15, -0.1) is 0 Å². The second kappa shape index (κ2) is 10.2. The topological polar surface area (TPSA) is 130 Å². The molecule has 0 radical (unpaired) electrons. The van der Waals surface area contributed by atoms with Gasteiger partial charge in [0.15, 0.2) is 11.9 Å². The van der Waals surface area contributed by atoms with E-state index in [1.165, 1.54) is 5.57 Å². The number of carboxylic acid groups (broad SMARTS) is 1. The molecule has 0 bridgehead atoms. The lowest BCUT2D eigenvalue weighted by Gasteiger charge is -2.57. The molecule has 1 amide bonds. The van der Waals surface area contributed by atoms with Crippen molar-refractivity contribution in [3.8, 4) is 0 Å². The number of esters is 1.